The van der Waals surface area contributed by atoms with Gasteiger partial charge in [0.15, 0.2) is 10.2 Å². The highest BCUT2D eigenvalue weighted by molar-refractivity contribution is 7.81. The molecule has 0 radical (unpaired) electrons. The molecule has 3 aromatic carbocycles. The van der Waals surface area contributed by atoms with E-state index in [4.69, 9.17) is 24.4 Å². The molecule has 0 saturated heterocycles. The van der Waals surface area contributed by atoms with Crippen molar-refractivity contribution in [1.29, 1.82) is 0 Å². The first-order valence-electron chi connectivity index (χ1n) is 7.60. The third-order valence-corrected chi connectivity index (χ3v) is 3.91. The molecule has 132 valence electrons. The van der Waals surface area contributed by atoms with Crippen LogP contribution in [0, 0.1) is 11.6 Å². The molecule has 0 aliphatic heterocycles. The first-order chi connectivity index (χ1) is 12.5. The van der Waals surface area contributed by atoms with Gasteiger partial charge in [0.25, 0.3) is 0 Å². The summed E-state index contributed by atoms with van der Waals surface area (Å²) in [5.41, 5.74) is 6.26. The van der Waals surface area contributed by atoms with Crippen molar-refractivity contribution in [2.24, 2.45) is 0 Å². The van der Waals surface area contributed by atoms with Gasteiger partial charge in [0.2, 0.25) is 0 Å². The average Bonchev–Trinajstić information content (AvgIpc) is 2.63. The fourth-order valence-corrected chi connectivity index (χ4v) is 2.67. The van der Waals surface area contributed by atoms with E-state index in [1.165, 1.54) is 6.07 Å². The third kappa shape index (κ3) is 4.41. The van der Waals surface area contributed by atoms with Crippen LogP contribution in [0.1, 0.15) is 0 Å². The Hall–Kier alpha value is -2.84. The van der Waals surface area contributed by atoms with Gasteiger partial charge >= 0.3 is 0 Å². The highest BCUT2D eigenvalue weighted by atomic mass is 32.1. The number of rotatable bonds is 2. The fraction of sp³-hybridized carbons (Fsp3) is 0. The van der Waals surface area contributed by atoms with Crippen molar-refractivity contribution in [3.8, 4) is 0 Å². The van der Waals surface area contributed by atoms with Gasteiger partial charge in [0, 0.05) is 17.1 Å². The number of nitrogens with one attached hydrogen (secondary N) is 4. The molecule has 0 spiro atoms. The lowest BCUT2D eigenvalue weighted by molar-refractivity contribution is 0.586. The van der Waals surface area contributed by atoms with Gasteiger partial charge in [-0.2, -0.15) is 0 Å². The van der Waals surface area contributed by atoms with Crippen LogP contribution in [-0.4, -0.2) is 10.2 Å². The van der Waals surface area contributed by atoms with Crippen molar-refractivity contribution in [2.75, 3.05) is 10.6 Å². The molecule has 8 heteroatoms. The summed E-state index contributed by atoms with van der Waals surface area (Å²) in [7, 11) is 0. The monoisotopic (exact) mass is 388 g/mol. The minimum atomic E-state index is -0.745. The Kier molecular flexibility index (Phi) is 5.55. The summed E-state index contributed by atoms with van der Waals surface area (Å²) in [6, 6.07) is 16.9. The Morgan fingerprint density at radius 2 is 1.38 bits per heavy atom. The van der Waals surface area contributed by atoms with Crippen molar-refractivity contribution >= 4 is 56.8 Å². The van der Waals surface area contributed by atoms with Crippen molar-refractivity contribution in [3.63, 3.8) is 0 Å². The Balaban J connectivity index is 1.57. The Bertz CT molecular complexity index is 973. The quantitative estimate of drug-likeness (QED) is 0.388. The number of anilines is 2. The topological polar surface area (TPSA) is 48.1 Å². The van der Waals surface area contributed by atoms with Crippen LogP contribution in [0.25, 0.3) is 10.8 Å². The first-order valence-corrected chi connectivity index (χ1v) is 8.41. The van der Waals surface area contributed by atoms with Gasteiger partial charge in [-0.15, -0.1) is 0 Å². The number of halogens is 2. The molecule has 3 aromatic rings. The number of benzene rings is 3. The van der Waals surface area contributed by atoms with Crippen LogP contribution in [-0.2, 0) is 0 Å². The zero-order valence-corrected chi connectivity index (χ0v) is 15.0. The van der Waals surface area contributed by atoms with E-state index in [1.54, 1.807) is 0 Å². The second kappa shape index (κ2) is 8.03. The van der Waals surface area contributed by atoms with Gasteiger partial charge in [-0.3, -0.25) is 10.9 Å². The van der Waals surface area contributed by atoms with Gasteiger partial charge in [-0.25, -0.2) is 8.78 Å². The van der Waals surface area contributed by atoms with E-state index in [0.29, 0.717) is 0 Å². The van der Waals surface area contributed by atoms with Gasteiger partial charge < -0.3 is 10.6 Å². The first kappa shape index (κ1) is 18.0. The maximum absolute atomic E-state index is 13.6. The molecule has 0 fully saturated rings. The van der Waals surface area contributed by atoms with Crippen LogP contribution < -0.4 is 21.5 Å². The van der Waals surface area contributed by atoms with Crippen LogP contribution in [0.5, 0.6) is 0 Å². The summed E-state index contributed by atoms with van der Waals surface area (Å²) in [5, 5.41) is 8.15. The summed E-state index contributed by atoms with van der Waals surface area (Å²) in [6.45, 7) is 0. The maximum atomic E-state index is 13.6. The molecule has 0 saturated carbocycles. The van der Waals surface area contributed by atoms with E-state index in [-0.39, 0.29) is 15.9 Å². The van der Waals surface area contributed by atoms with Crippen LogP contribution in [0.2, 0.25) is 0 Å². The summed E-state index contributed by atoms with van der Waals surface area (Å²) in [4.78, 5) is 0. The molecule has 0 aliphatic rings. The van der Waals surface area contributed by atoms with Gasteiger partial charge in [-0.05, 0) is 48.0 Å². The number of hydrogen-bond acceptors (Lipinski definition) is 2. The molecule has 4 N–H and O–H groups in total. The lowest BCUT2D eigenvalue weighted by Gasteiger charge is -2.15. The number of hydrogen-bond donors (Lipinski definition) is 4. The molecule has 3 rings (SSSR count). The Morgan fingerprint density at radius 3 is 2.12 bits per heavy atom. The van der Waals surface area contributed by atoms with Crippen molar-refractivity contribution in [2.45, 2.75) is 0 Å². The molecule has 0 unspecified atom stereocenters. The molecule has 0 amide bonds. The number of fused-ring (bicyclic) bond motifs is 1. The van der Waals surface area contributed by atoms with E-state index in [0.717, 1.165) is 28.6 Å². The maximum Gasteiger partial charge on any atom is 0.189 e. The minimum Gasteiger partial charge on any atom is -0.331 e. The second-order valence-electron chi connectivity index (χ2n) is 5.31. The summed E-state index contributed by atoms with van der Waals surface area (Å²) < 4.78 is 26.5. The van der Waals surface area contributed by atoms with Crippen LogP contribution in [0.3, 0.4) is 0 Å². The third-order valence-electron chi connectivity index (χ3n) is 3.51. The van der Waals surface area contributed by atoms with Crippen LogP contribution >= 0.6 is 24.4 Å². The average molecular weight is 388 g/mol. The predicted molar refractivity (Wildman–Crippen MR) is 109 cm³/mol. The summed E-state index contributed by atoms with van der Waals surface area (Å²) >= 11 is 10.3. The lowest BCUT2D eigenvalue weighted by atomic mass is 10.1. The largest absolute Gasteiger partial charge is 0.331 e. The van der Waals surface area contributed by atoms with Gasteiger partial charge in [0.05, 0.1) is 5.69 Å². The zero-order valence-electron chi connectivity index (χ0n) is 13.3. The van der Waals surface area contributed by atoms with Crippen LogP contribution in [0.15, 0.2) is 60.7 Å². The molecular weight excluding hydrogens is 374 g/mol. The van der Waals surface area contributed by atoms with E-state index in [1.807, 2.05) is 42.5 Å². The Morgan fingerprint density at radius 1 is 0.731 bits per heavy atom. The highest BCUT2D eigenvalue weighted by Gasteiger charge is 2.06. The molecule has 4 nitrogen and oxygen atoms in total. The second-order valence-corrected chi connectivity index (χ2v) is 6.13. The smallest absolute Gasteiger partial charge is 0.189 e. The van der Waals surface area contributed by atoms with Gasteiger partial charge in [0.1, 0.15) is 11.6 Å². The number of thiocarbonyl (C=S) groups is 2. The highest BCUT2D eigenvalue weighted by Crippen LogP contribution is 2.22. The standard InChI is InChI=1S/C18H14F2N4S2/c19-12-8-9-16(14(20)10-12)22-18(26)24-23-17(25)21-15-7-3-5-11-4-1-2-6-13(11)15/h1-10H,(H2,21,23,25)(H2,22,24,26). The summed E-state index contributed by atoms with van der Waals surface area (Å²) in [6.07, 6.45) is 0. The molecule has 0 aliphatic carbocycles. The van der Waals surface area contributed by atoms with E-state index >= 15 is 0 Å². The van der Waals surface area contributed by atoms with Crippen molar-refractivity contribution in [3.05, 3.63) is 72.3 Å². The summed E-state index contributed by atoms with van der Waals surface area (Å²) in [5.74, 6) is -1.41. The van der Waals surface area contributed by atoms with Crippen molar-refractivity contribution in [1.82, 2.24) is 10.9 Å². The van der Waals surface area contributed by atoms with E-state index in [2.05, 4.69) is 21.5 Å². The van der Waals surface area contributed by atoms with E-state index in [9.17, 15) is 8.78 Å². The molecular formula is C18H14F2N4S2. The Labute approximate surface area is 159 Å². The van der Waals surface area contributed by atoms with E-state index < -0.39 is 11.6 Å². The molecule has 0 heterocycles. The lowest BCUT2D eigenvalue weighted by Crippen LogP contribution is -2.45. The van der Waals surface area contributed by atoms with Gasteiger partial charge in [-0.1, -0.05) is 36.4 Å². The molecule has 0 atom stereocenters. The SMILES string of the molecule is Fc1ccc(NC(=S)NNC(=S)Nc2cccc3ccccc23)c(F)c1. The van der Waals surface area contributed by atoms with Crippen molar-refractivity contribution < 1.29 is 8.78 Å². The molecule has 0 aromatic heterocycles. The normalized spacial score (nSPS) is 10.2. The predicted octanol–water partition coefficient (Wildman–Crippen LogP) is 4.31. The molecule has 0 bridgehead atoms. The minimum absolute atomic E-state index is 0.0543. The fourth-order valence-electron chi connectivity index (χ4n) is 2.35. The van der Waals surface area contributed by atoms with Crippen LogP contribution in [0.4, 0.5) is 20.2 Å². The number of hydrazine groups is 1. The zero-order chi connectivity index (χ0) is 18.5. The molecule has 26 heavy (non-hydrogen) atoms.